The number of morpholine rings is 1. The number of amides is 1. The predicted molar refractivity (Wildman–Crippen MR) is 89.1 cm³/mol. The minimum absolute atomic E-state index is 0.207. The van der Waals surface area contributed by atoms with Gasteiger partial charge in [0.05, 0.1) is 31.5 Å². The van der Waals surface area contributed by atoms with Gasteiger partial charge in [0.1, 0.15) is 23.5 Å². The first-order chi connectivity index (χ1) is 12.0. The molecule has 0 N–H and O–H groups in total. The van der Waals surface area contributed by atoms with Gasteiger partial charge >= 0.3 is 0 Å². The first kappa shape index (κ1) is 17.3. The Morgan fingerprint density at radius 2 is 2.12 bits per heavy atom. The molecule has 1 unspecified atom stereocenters. The van der Waals surface area contributed by atoms with Crippen molar-refractivity contribution in [1.29, 1.82) is 0 Å². The van der Waals surface area contributed by atoms with Crippen LogP contribution in [0.4, 0.5) is 4.39 Å². The average Bonchev–Trinajstić information content (AvgIpc) is 2.60. The summed E-state index contributed by atoms with van der Waals surface area (Å²) in [4.78, 5) is 23.1. The van der Waals surface area contributed by atoms with Gasteiger partial charge in [-0.25, -0.2) is 14.4 Å². The number of aromatic nitrogens is 2. The summed E-state index contributed by atoms with van der Waals surface area (Å²) in [5.41, 5.74) is 1.80. The lowest BCUT2D eigenvalue weighted by atomic mass is 10.1. The number of aryl methyl sites for hydroxylation is 2. The van der Waals surface area contributed by atoms with Crippen LogP contribution < -0.4 is 4.74 Å². The molecule has 1 aliphatic rings. The van der Waals surface area contributed by atoms with E-state index in [-0.39, 0.29) is 17.6 Å². The zero-order chi connectivity index (χ0) is 18.0. The summed E-state index contributed by atoms with van der Waals surface area (Å²) in [6, 6.07) is 5.78. The van der Waals surface area contributed by atoms with Crippen LogP contribution in [0.2, 0.25) is 0 Å². The highest BCUT2D eigenvalue weighted by molar-refractivity contribution is 5.97. The summed E-state index contributed by atoms with van der Waals surface area (Å²) >= 11 is 0. The van der Waals surface area contributed by atoms with Crippen LogP contribution in [0.5, 0.6) is 5.75 Å². The quantitative estimate of drug-likeness (QED) is 0.855. The molecule has 6 nitrogen and oxygen atoms in total. The molecule has 1 aromatic carbocycles. The number of carbonyl (C=O) groups excluding carboxylic acids is 1. The van der Waals surface area contributed by atoms with Gasteiger partial charge in [0.2, 0.25) is 0 Å². The molecular weight excluding hydrogens is 325 g/mol. The molecule has 1 saturated heterocycles. The molecule has 2 heterocycles. The second-order valence-electron chi connectivity index (χ2n) is 5.94. The van der Waals surface area contributed by atoms with Crippen LogP contribution in [-0.4, -0.2) is 47.6 Å². The summed E-state index contributed by atoms with van der Waals surface area (Å²) in [6.07, 6.45) is -0.336. The summed E-state index contributed by atoms with van der Waals surface area (Å²) in [5.74, 6) is 0.250. The smallest absolute Gasteiger partial charge is 0.257 e. The number of nitrogens with zero attached hydrogens (tertiary/aromatic N) is 3. The lowest BCUT2D eigenvalue weighted by Gasteiger charge is -2.33. The van der Waals surface area contributed by atoms with Crippen LogP contribution in [-0.2, 0) is 4.74 Å². The van der Waals surface area contributed by atoms with Crippen molar-refractivity contribution in [2.24, 2.45) is 0 Å². The fraction of sp³-hybridized carbons (Fsp3) is 0.389. The first-order valence-electron chi connectivity index (χ1n) is 8.04. The number of hydrogen-bond donors (Lipinski definition) is 0. The molecule has 0 spiro atoms. The molecule has 0 saturated carbocycles. The maximum atomic E-state index is 13.6. The van der Waals surface area contributed by atoms with Gasteiger partial charge in [-0.1, -0.05) is 0 Å². The van der Waals surface area contributed by atoms with Crippen molar-refractivity contribution < 1.29 is 18.7 Å². The van der Waals surface area contributed by atoms with E-state index >= 15 is 0 Å². The highest BCUT2D eigenvalue weighted by Gasteiger charge is 2.29. The summed E-state index contributed by atoms with van der Waals surface area (Å²) in [7, 11) is 1.46. The third kappa shape index (κ3) is 3.76. The van der Waals surface area contributed by atoms with Crippen LogP contribution in [0.15, 0.2) is 24.3 Å². The first-order valence-corrected chi connectivity index (χ1v) is 8.04. The number of rotatable bonds is 3. The third-order valence-electron chi connectivity index (χ3n) is 4.06. The Bertz CT molecular complexity index is 777. The molecule has 2 aromatic rings. The third-order valence-corrected chi connectivity index (χ3v) is 4.06. The van der Waals surface area contributed by atoms with Gasteiger partial charge in [-0.2, -0.15) is 0 Å². The molecule has 25 heavy (non-hydrogen) atoms. The molecule has 1 aliphatic heterocycles. The Balaban J connectivity index is 1.84. The Kier molecular flexibility index (Phi) is 4.94. The predicted octanol–water partition coefficient (Wildman–Crippen LogP) is 2.45. The number of carbonyl (C=O) groups is 1. The zero-order valence-electron chi connectivity index (χ0n) is 14.5. The molecule has 7 heteroatoms. The van der Waals surface area contributed by atoms with Crippen LogP contribution in [0.1, 0.15) is 33.7 Å². The van der Waals surface area contributed by atoms with Crippen molar-refractivity contribution in [3.8, 4) is 5.75 Å². The molecule has 3 rings (SSSR count). The summed E-state index contributed by atoms with van der Waals surface area (Å²) < 4.78 is 24.5. The number of ether oxygens (including phenoxy) is 2. The van der Waals surface area contributed by atoms with Crippen LogP contribution in [0, 0.1) is 19.7 Å². The minimum Gasteiger partial charge on any atom is -0.496 e. The van der Waals surface area contributed by atoms with Gasteiger partial charge in [0.25, 0.3) is 5.91 Å². The number of benzene rings is 1. The van der Waals surface area contributed by atoms with Crippen molar-refractivity contribution in [3.63, 3.8) is 0 Å². The van der Waals surface area contributed by atoms with Gasteiger partial charge in [-0.3, -0.25) is 4.79 Å². The molecule has 1 fully saturated rings. The van der Waals surface area contributed by atoms with Crippen molar-refractivity contribution in [2.45, 2.75) is 20.0 Å². The monoisotopic (exact) mass is 345 g/mol. The normalized spacial score (nSPS) is 17.4. The Morgan fingerprint density at radius 3 is 2.84 bits per heavy atom. The van der Waals surface area contributed by atoms with E-state index in [1.165, 1.54) is 25.3 Å². The fourth-order valence-corrected chi connectivity index (χ4v) is 2.94. The number of hydrogen-bond acceptors (Lipinski definition) is 5. The molecule has 1 atom stereocenters. The zero-order valence-corrected chi connectivity index (χ0v) is 14.5. The maximum Gasteiger partial charge on any atom is 0.257 e. The van der Waals surface area contributed by atoms with E-state index < -0.39 is 5.82 Å². The summed E-state index contributed by atoms with van der Waals surface area (Å²) in [6.45, 7) is 4.87. The molecule has 1 amide bonds. The van der Waals surface area contributed by atoms with Crippen LogP contribution >= 0.6 is 0 Å². The SMILES string of the molecule is COc1ccc(F)cc1C(=O)N1CCOC(c2cc(C)nc(C)n2)C1. The second-order valence-corrected chi connectivity index (χ2v) is 5.94. The molecular formula is C18H20FN3O3. The van der Waals surface area contributed by atoms with Gasteiger partial charge in [0.15, 0.2) is 0 Å². The molecule has 0 bridgehead atoms. The topological polar surface area (TPSA) is 64.5 Å². The van der Waals surface area contributed by atoms with Crippen molar-refractivity contribution in [1.82, 2.24) is 14.9 Å². The molecule has 0 aliphatic carbocycles. The van der Waals surface area contributed by atoms with Crippen molar-refractivity contribution in [2.75, 3.05) is 26.8 Å². The fourth-order valence-electron chi connectivity index (χ4n) is 2.94. The standard InChI is InChI=1S/C18H20FN3O3/c1-11-8-15(21-12(2)20-11)17-10-22(6-7-25-17)18(23)14-9-13(19)4-5-16(14)24-3/h4-5,8-9,17H,6-7,10H2,1-3H3. The van der Waals surface area contributed by atoms with E-state index in [1.807, 2.05) is 19.9 Å². The van der Waals surface area contributed by atoms with E-state index in [0.717, 1.165) is 11.4 Å². The Hall–Kier alpha value is -2.54. The van der Waals surface area contributed by atoms with E-state index in [9.17, 15) is 9.18 Å². The number of halogens is 1. The van der Waals surface area contributed by atoms with Gasteiger partial charge < -0.3 is 14.4 Å². The van der Waals surface area contributed by atoms with Crippen LogP contribution in [0.3, 0.4) is 0 Å². The maximum absolute atomic E-state index is 13.6. The Labute approximate surface area is 145 Å². The van der Waals surface area contributed by atoms with E-state index in [1.54, 1.807) is 4.90 Å². The minimum atomic E-state index is -0.476. The largest absolute Gasteiger partial charge is 0.496 e. The molecule has 0 radical (unpaired) electrons. The highest BCUT2D eigenvalue weighted by atomic mass is 19.1. The van der Waals surface area contributed by atoms with E-state index in [2.05, 4.69) is 9.97 Å². The van der Waals surface area contributed by atoms with Gasteiger partial charge in [0, 0.05) is 12.2 Å². The summed E-state index contributed by atoms with van der Waals surface area (Å²) in [5, 5.41) is 0. The van der Waals surface area contributed by atoms with Gasteiger partial charge in [-0.15, -0.1) is 0 Å². The van der Waals surface area contributed by atoms with E-state index in [4.69, 9.17) is 9.47 Å². The molecule has 1 aromatic heterocycles. The lowest BCUT2D eigenvalue weighted by Crippen LogP contribution is -2.42. The van der Waals surface area contributed by atoms with Crippen molar-refractivity contribution in [3.05, 3.63) is 52.9 Å². The molecule has 132 valence electrons. The average molecular weight is 345 g/mol. The van der Waals surface area contributed by atoms with E-state index in [0.29, 0.717) is 31.3 Å². The highest BCUT2D eigenvalue weighted by Crippen LogP contribution is 2.26. The lowest BCUT2D eigenvalue weighted by molar-refractivity contribution is -0.0249. The number of methoxy groups -OCH3 is 1. The second kappa shape index (κ2) is 7.14. The van der Waals surface area contributed by atoms with Gasteiger partial charge in [-0.05, 0) is 38.1 Å². The van der Waals surface area contributed by atoms with Crippen LogP contribution in [0.25, 0.3) is 0 Å². The van der Waals surface area contributed by atoms with Crippen molar-refractivity contribution >= 4 is 5.91 Å². The Morgan fingerprint density at radius 1 is 1.32 bits per heavy atom.